The number of benzene rings is 2. The third kappa shape index (κ3) is 4.34. The number of likely N-dealkylation sites (N-methyl/N-ethyl adjacent to an activating group) is 1. The molecule has 0 unspecified atom stereocenters. The van der Waals surface area contributed by atoms with E-state index in [0.29, 0.717) is 28.4 Å². The van der Waals surface area contributed by atoms with Crippen molar-refractivity contribution in [2.24, 2.45) is 0 Å². The highest BCUT2D eigenvalue weighted by Crippen LogP contribution is 2.33. The number of ether oxygens (including phenoxy) is 1. The van der Waals surface area contributed by atoms with Crippen LogP contribution in [0.2, 0.25) is 5.02 Å². The number of aryl methyl sites for hydroxylation is 1. The van der Waals surface area contributed by atoms with Crippen LogP contribution in [-0.4, -0.2) is 35.8 Å². The number of amides is 2. The Morgan fingerprint density at radius 2 is 1.96 bits per heavy atom. The number of carbonyl (C=O) groups excluding carboxylic acids is 3. The molecule has 0 saturated carbocycles. The van der Waals surface area contributed by atoms with E-state index in [1.54, 1.807) is 43.3 Å². The molecule has 1 heterocycles. The zero-order chi connectivity index (χ0) is 20.3. The molecule has 2 aromatic rings. The number of carbonyl (C=O) groups is 3. The fraction of sp³-hybridized carbons (Fsp3) is 0.286. The SMILES string of the molecule is CCN(CC(=O)Nc1cc(Cl)ccc1C)C(=O)C[C@@H]1OC(=O)c2ccccc21. The Kier molecular flexibility index (Phi) is 5.99. The van der Waals surface area contributed by atoms with Gasteiger partial charge in [-0.3, -0.25) is 9.59 Å². The van der Waals surface area contributed by atoms with Crippen molar-refractivity contribution in [3.05, 3.63) is 64.2 Å². The molecule has 2 aromatic carbocycles. The van der Waals surface area contributed by atoms with Gasteiger partial charge < -0.3 is 15.0 Å². The first-order chi connectivity index (χ1) is 13.4. The van der Waals surface area contributed by atoms with Crippen molar-refractivity contribution in [2.45, 2.75) is 26.4 Å². The first-order valence-electron chi connectivity index (χ1n) is 9.02. The molecule has 0 aliphatic carbocycles. The summed E-state index contributed by atoms with van der Waals surface area (Å²) >= 11 is 5.97. The Hall–Kier alpha value is -2.86. The molecule has 28 heavy (non-hydrogen) atoms. The number of hydrogen-bond acceptors (Lipinski definition) is 4. The quantitative estimate of drug-likeness (QED) is 0.749. The van der Waals surface area contributed by atoms with Gasteiger partial charge in [-0.2, -0.15) is 0 Å². The van der Waals surface area contributed by atoms with Crippen molar-refractivity contribution in [3.8, 4) is 0 Å². The van der Waals surface area contributed by atoms with E-state index in [0.717, 1.165) is 5.56 Å². The summed E-state index contributed by atoms with van der Waals surface area (Å²) in [5, 5.41) is 3.30. The average Bonchev–Trinajstić information content (AvgIpc) is 2.98. The lowest BCUT2D eigenvalue weighted by molar-refractivity contribution is -0.136. The molecule has 0 saturated heterocycles. The smallest absolute Gasteiger partial charge is 0.339 e. The highest BCUT2D eigenvalue weighted by molar-refractivity contribution is 6.31. The average molecular weight is 401 g/mol. The van der Waals surface area contributed by atoms with Gasteiger partial charge in [-0.15, -0.1) is 0 Å². The summed E-state index contributed by atoms with van der Waals surface area (Å²) in [6.45, 7) is 3.93. The van der Waals surface area contributed by atoms with Crippen LogP contribution in [0.4, 0.5) is 5.69 Å². The minimum atomic E-state index is -0.622. The summed E-state index contributed by atoms with van der Waals surface area (Å²) in [7, 11) is 0. The minimum Gasteiger partial charge on any atom is -0.453 e. The second-order valence-electron chi connectivity index (χ2n) is 6.60. The van der Waals surface area contributed by atoms with Crippen LogP contribution in [0.1, 0.15) is 40.9 Å². The maximum atomic E-state index is 12.7. The topological polar surface area (TPSA) is 75.7 Å². The number of hydrogen-bond donors (Lipinski definition) is 1. The Labute approximate surface area is 168 Å². The van der Waals surface area contributed by atoms with Gasteiger partial charge in [0.1, 0.15) is 6.10 Å². The highest BCUT2D eigenvalue weighted by atomic mass is 35.5. The van der Waals surface area contributed by atoms with Crippen molar-refractivity contribution >= 4 is 35.1 Å². The lowest BCUT2D eigenvalue weighted by atomic mass is 10.0. The molecule has 146 valence electrons. The van der Waals surface area contributed by atoms with Crippen LogP contribution in [0.3, 0.4) is 0 Å². The Balaban J connectivity index is 1.63. The number of nitrogens with zero attached hydrogens (tertiary/aromatic N) is 1. The van der Waals surface area contributed by atoms with Gasteiger partial charge in [-0.05, 0) is 37.6 Å². The van der Waals surface area contributed by atoms with Crippen molar-refractivity contribution in [1.29, 1.82) is 0 Å². The number of esters is 1. The summed E-state index contributed by atoms with van der Waals surface area (Å²) in [5.41, 5.74) is 2.68. The molecule has 1 aliphatic heterocycles. The standard InChI is InChI=1S/C21H21ClN2O4/c1-3-24(12-19(25)23-17-10-14(22)9-8-13(17)2)20(26)11-18-15-6-4-5-7-16(15)21(27)28-18/h4-10,18H,3,11-12H2,1-2H3,(H,23,25)/t18-/m0/s1. The molecule has 0 bridgehead atoms. The number of halogens is 1. The van der Waals surface area contributed by atoms with Gasteiger partial charge in [0, 0.05) is 22.8 Å². The first kappa shape index (κ1) is 19.9. The molecule has 3 rings (SSSR count). The lowest BCUT2D eigenvalue weighted by Crippen LogP contribution is -2.38. The zero-order valence-electron chi connectivity index (χ0n) is 15.7. The van der Waals surface area contributed by atoms with Crippen molar-refractivity contribution < 1.29 is 19.1 Å². The van der Waals surface area contributed by atoms with E-state index in [4.69, 9.17) is 16.3 Å². The molecule has 0 fully saturated rings. The molecule has 0 spiro atoms. The lowest BCUT2D eigenvalue weighted by Gasteiger charge is -2.22. The van der Waals surface area contributed by atoms with Crippen LogP contribution in [0.5, 0.6) is 0 Å². The minimum absolute atomic E-state index is 0.0000657. The predicted octanol–water partition coefficient (Wildman–Crippen LogP) is 3.74. The first-order valence-corrected chi connectivity index (χ1v) is 9.40. The maximum absolute atomic E-state index is 12.7. The number of anilines is 1. The van der Waals surface area contributed by atoms with Gasteiger partial charge in [0.05, 0.1) is 18.5 Å². The second kappa shape index (κ2) is 8.44. The van der Waals surface area contributed by atoms with Crippen LogP contribution in [-0.2, 0) is 14.3 Å². The van der Waals surface area contributed by atoms with E-state index in [-0.39, 0.29) is 24.8 Å². The molecular weight excluding hydrogens is 380 g/mol. The summed E-state index contributed by atoms with van der Waals surface area (Å²) in [6.07, 6.45) is -0.622. The zero-order valence-corrected chi connectivity index (χ0v) is 16.5. The van der Waals surface area contributed by atoms with E-state index in [1.807, 2.05) is 13.0 Å². The highest BCUT2D eigenvalue weighted by Gasteiger charge is 2.33. The van der Waals surface area contributed by atoms with E-state index in [1.165, 1.54) is 4.90 Å². The maximum Gasteiger partial charge on any atom is 0.339 e. The van der Waals surface area contributed by atoms with Gasteiger partial charge >= 0.3 is 5.97 Å². The number of fused-ring (bicyclic) bond motifs is 1. The monoisotopic (exact) mass is 400 g/mol. The summed E-state index contributed by atoms with van der Waals surface area (Å²) in [5.74, 6) is -0.995. The van der Waals surface area contributed by atoms with E-state index in [9.17, 15) is 14.4 Å². The van der Waals surface area contributed by atoms with Crippen molar-refractivity contribution in [1.82, 2.24) is 4.90 Å². The third-order valence-corrected chi connectivity index (χ3v) is 4.91. The van der Waals surface area contributed by atoms with Crippen LogP contribution >= 0.6 is 11.6 Å². The summed E-state index contributed by atoms with van der Waals surface area (Å²) < 4.78 is 5.32. The van der Waals surface area contributed by atoms with Crippen LogP contribution in [0.15, 0.2) is 42.5 Å². The van der Waals surface area contributed by atoms with Gasteiger partial charge in [-0.25, -0.2) is 4.79 Å². The second-order valence-corrected chi connectivity index (χ2v) is 7.04. The molecule has 7 heteroatoms. The normalized spacial score (nSPS) is 15.0. The number of cyclic esters (lactones) is 1. The van der Waals surface area contributed by atoms with E-state index < -0.39 is 12.1 Å². The predicted molar refractivity (Wildman–Crippen MR) is 106 cm³/mol. The molecule has 2 amide bonds. The van der Waals surface area contributed by atoms with Gasteiger partial charge in [0.25, 0.3) is 0 Å². The molecular formula is C21H21ClN2O4. The van der Waals surface area contributed by atoms with Crippen LogP contribution in [0, 0.1) is 6.92 Å². The summed E-state index contributed by atoms with van der Waals surface area (Å²) in [6, 6.07) is 12.2. The molecule has 1 atom stereocenters. The Morgan fingerprint density at radius 3 is 2.71 bits per heavy atom. The van der Waals surface area contributed by atoms with Gasteiger partial charge in [-0.1, -0.05) is 35.9 Å². The van der Waals surface area contributed by atoms with E-state index in [2.05, 4.69) is 5.32 Å². The molecule has 0 radical (unpaired) electrons. The van der Waals surface area contributed by atoms with Crippen LogP contribution < -0.4 is 5.32 Å². The largest absolute Gasteiger partial charge is 0.453 e. The fourth-order valence-electron chi connectivity index (χ4n) is 3.13. The van der Waals surface area contributed by atoms with Crippen LogP contribution in [0.25, 0.3) is 0 Å². The number of nitrogens with one attached hydrogen (secondary N) is 1. The Bertz CT molecular complexity index is 928. The van der Waals surface area contributed by atoms with E-state index >= 15 is 0 Å². The third-order valence-electron chi connectivity index (χ3n) is 4.68. The number of rotatable bonds is 6. The molecule has 1 aliphatic rings. The fourth-order valence-corrected chi connectivity index (χ4v) is 3.30. The van der Waals surface area contributed by atoms with Gasteiger partial charge in [0.15, 0.2) is 0 Å². The Morgan fingerprint density at radius 1 is 1.21 bits per heavy atom. The summed E-state index contributed by atoms with van der Waals surface area (Å²) in [4.78, 5) is 38.4. The van der Waals surface area contributed by atoms with Gasteiger partial charge in [0.2, 0.25) is 11.8 Å². The van der Waals surface area contributed by atoms with Crippen molar-refractivity contribution in [2.75, 3.05) is 18.4 Å². The van der Waals surface area contributed by atoms with Crippen molar-refractivity contribution in [3.63, 3.8) is 0 Å². The molecule has 6 nitrogen and oxygen atoms in total. The molecule has 1 N–H and O–H groups in total. The molecule has 0 aromatic heterocycles.